The molecular formula is C17H17NO. The molecule has 0 saturated carbocycles. The molecule has 3 rings (SSSR count). The third kappa shape index (κ3) is 2.22. The summed E-state index contributed by atoms with van der Waals surface area (Å²) in [6, 6.07) is 14.9. The van der Waals surface area contributed by atoms with Crippen molar-refractivity contribution in [3.63, 3.8) is 0 Å². The highest BCUT2D eigenvalue weighted by Crippen LogP contribution is 2.33. The number of benzene rings is 2. The normalized spacial score (nSPS) is 13.3. The molecule has 0 atom stereocenters. The Morgan fingerprint density at radius 1 is 1.05 bits per heavy atom. The summed E-state index contributed by atoms with van der Waals surface area (Å²) < 4.78 is 5.73. The van der Waals surface area contributed by atoms with Gasteiger partial charge in [-0.15, -0.1) is 0 Å². The highest BCUT2D eigenvalue weighted by molar-refractivity contribution is 5.75. The first kappa shape index (κ1) is 11.8. The Bertz CT molecular complexity index is 643. The summed E-state index contributed by atoms with van der Waals surface area (Å²) in [6.45, 7) is 2.74. The lowest BCUT2D eigenvalue weighted by molar-refractivity contribution is 0.356. The summed E-state index contributed by atoms with van der Waals surface area (Å²) in [7, 11) is 1.94. The van der Waals surface area contributed by atoms with E-state index in [0.717, 1.165) is 17.0 Å². The Hall–Kier alpha value is -2.22. The van der Waals surface area contributed by atoms with Gasteiger partial charge in [-0.25, -0.2) is 0 Å². The summed E-state index contributed by atoms with van der Waals surface area (Å²) in [4.78, 5) is 0. The standard InChI is InChI=1S/C17H17NO/c1-12-4-3-5-13(10-12)14-6-7-15-16(18-2)8-9-19-17(15)11-14/h3-8,10-11,18H,9H2,1-2H3. The molecule has 19 heavy (non-hydrogen) atoms. The van der Waals surface area contributed by atoms with Gasteiger partial charge in [0.05, 0.1) is 0 Å². The molecule has 2 aromatic rings. The van der Waals surface area contributed by atoms with Gasteiger partial charge in [-0.2, -0.15) is 0 Å². The minimum Gasteiger partial charge on any atom is -0.489 e. The average molecular weight is 251 g/mol. The van der Waals surface area contributed by atoms with Crippen LogP contribution in [0, 0.1) is 6.92 Å². The van der Waals surface area contributed by atoms with E-state index in [4.69, 9.17) is 4.74 Å². The van der Waals surface area contributed by atoms with Crippen LogP contribution in [-0.4, -0.2) is 13.7 Å². The molecule has 1 N–H and O–H groups in total. The molecule has 2 nitrogen and oxygen atoms in total. The summed E-state index contributed by atoms with van der Waals surface area (Å²) in [5.74, 6) is 0.950. The fraction of sp³-hybridized carbons (Fsp3) is 0.176. The number of fused-ring (bicyclic) bond motifs is 1. The minimum absolute atomic E-state index is 0.625. The maximum Gasteiger partial charge on any atom is 0.129 e. The van der Waals surface area contributed by atoms with Gasteiger partial charge in [0.25, 0.3) is 0 Å². The summed E-state index contributed by atoms with van der Waals surface area (Å²) in [5.41, 5.74) is 5.96. The molecule has 0 aromatic heterocycles. The molecular weight excluding hydrogens is 234 g/mol. The van der Waals surface area contributed by atoms with E-state index in [9.17, 15) is 0 Å². The van der Waals surface area contributed by atoms with Crippen LogP contribution in [0.3, 0.4) is 0 Å². The second-order valence-electron chi connectivity index (χ2n) is 4.76. The van der Waals surface area contributed by atoms with E-state index in [1.165, 1.54) is 16.7 Å². The number of hydrogen-bond acceptors (Lipinski definition) is 2. The second-order valence-corrected chi connectivity index (χ2v) is 4.76. The highest BCUT2D eigenvalue weighted by atomic mass is 16.5. The lowest BCUT2D eigenvalue weighted by Crippen LogP contribution is -2.13. The van der Waals surface area contributed by atoms with Crippen molar-refractivity contribution < 1.29 is 4.74 Å². The van der Waals surface area contributed by atoms with Gasteiger partial charge < -0.3 is 10.1 Å². The van der Waals surface area contributed by atoms with Gasteiger partial charge in [-0.05, 0) is 36.3 Å². The SMILES string of the molecule is CNC1=CCOc2cc(-c3cccc(C)c3)ccc21. The highest BCUT2D eigenvalue weighted by Gasteiger charge is 2.13. The Morgan fingerprint density at radius 3 is 2.68 bits per heavy atom. The van der Waals surface area contributed by atoms with Crippen molar-refractivity contribution in [2.45, 2.75) is 6.92 Å². The molecule has 0 spiro atoms. The molecule has 1 aliphatic rings. The van der Waals surface area contributed by atoms with Crippen LogP contribution < -0.4 is 10.1 Å². The molecule has 2 aromatic carbocycles. The number of aryl methyl sites for hydroxylation is 1. The first-order valence-corrected chi connectivity index (χ1v) is 6.50. The molecule has 0 bridgehead atoms. The van der Waals surface area contributed by atoms with Crippen molar-refractivity contribution >= 4 is 5.70 Å². The summed E-state index contributed by atoms with van der Waals surface area (Å²) in [6.07, 6.45) is 2.06. The van der Waals surface area contributed by atoms with Gasteiger partial charge in [0, 0.05) is 18.3 Å². The van der Waals surface area contributed by atoms with Gasteiger partial charge >= 0.3 is 0 Å². The van der Waals surface area contributed by atoms with Gasteiger partial charge in [0.2, 0.25) is 0 Å². The molecule has 1 heterocycles. The molecule has 1 aliphatic heterocycles. The van der Waals surface area contributed by atoms with E-state index in [2.05, 4.69) is 60.8 Å². The van der Waals surface area contributed by atoms with Crippen LogP contribution in [0.15, 0.2) is 48.5 Å². The number of rotatable bonds is 2. The van der Waals surface area contributed by atoms with Crippen LogP contribution in [0.5, 0.6) is 5.75 Å². The molecule has 0 aliphatic carbocycles. The molecule has 0 unspecified atom stereocenters. The number of nitrogens with one attached hydrogen (secondary N) is 1. The van der Waals surface area contributed by atoms with Gasteiger partial charge in [0.15, 0.2) is 0 Å². The van der Waals surface area contributed by atoms with Crippen LogP contribution in [0.4, 0.5) is 0 Å². The van der Waals surface area contributed by atoms with Gasteiger partial charge in [-0.3, -0.25) is 0 Å². The molecule has 0 fully saturated rings. The monoisotopic (exact) mass is 251 g/mol. The maximum absolute atomic E-state index is 5.73. The molecule has 2 heteroatoms. The van der Waals surface area contributed by atoms with Crippen molar-refractivity contribution in [1.29, 1.82) is 0 Å². The van der Waals surface area contributed by atoms with Crippen LogP contribution in [0.2, 0.25) is 0 Å². The van der Waals surface area contributed by atoms with Crippen molar-refractivity contribution in [3.05, 3.63) is 59.7 Å². The van der Waals surface area contributed by atoms with Crippen LogP contribution in [0.1, 0.15) is 11.1 Å². The zero-order chi connectivity index (χ0) is 13.2. The predicted molar refractivity (Wildman–Crippen MR) is 79.1 cm³/mol. The third-order valence-electron chi connectivity index (χ3n) is 3.42. The fourth-order valence-electron chi connectivity index (χ4n) is 2.43. The zero-order valence-corrected chi connectivity index (χ0v) is 11.2. The van der Waals surface area contributed by atoms with Crippen molar-refractivity contribution in [1.82, 2.24) is 5.32 Å². The topological polar surface area (TPSA) is 21.3 Å². The third-order valence-corrected chi connectivity index (χ3v) is 3.42. The number of ether oxygens (including phenoxy) is 1. The zero-order valence-electron chi connectivity index (χ0n) is 11.2. The van der Waals surface area contributed by atoms with E-state index < -0.39 is 0 Å². The molecule has 96 valence electrons. The van der Waals surface area contributed by atoms with Crippen LogP contribution in [0.25, 0.3) is 16.8 Å². The first-order chi connectivity index (χ1) is 9.28. The van der Waals surface area contributed by atoms with Crippen LogP contribution in [-0.2, 0) is 0 Å². The van der Waals surface area contributed by atoms with Gasteiger partial charge in [-0.1, -0.05) is 35.9 Å². The fourth-order valence-corrected chi connectivity index (χ4v) is 2.43. The van der Waals surface area contributed by atoms with Crippen molar-refractivity contribution in [2.24, 2.45) is 0 Å². The Kier molecular flexibility index (Phi) is 3.00. The predicted octanol–water partition coefficient (Wildman–Crippen LogP) is 3.61. The second kappa shape index (κ2) is 4.81. The summed E-state index contributed by atoms with van der Waals surface area (Å²) >= 11 is 0. The van der Waals surface area contributed by atoms with Gasteiger partial charge in [0.1, 0.15) is 12.4 Å². The van der Waals surface area contributed by atoms with Crippen molar-refractivity contribution in [3.8, 4) is 16.9 Å². The Morgan fingerprint density at radius 2 is 1.89 bits per heavy atom. The maximum atomic E-state index is 5.73. The number of hydrogen-bond donors (Lipinski definition) is 1. The lowest BCUT2D eigenvalue weighted by Gasteiger charge is -2.19. The van der Waals surface area contributed by atoms with E-state index in [-0.39, 0.29) is 0 Å². The van der Waals surface area contributed by atoms with E-state index in [1.807, 2.05) is 7.05 Å². The molecule has 0 amide bonds. The van der Waals surface area contributed by atoms with Crippen LogP contribution >= 0.6 is 0 Å². The van der Waals surface area contributed by atoms with E-state index >= 15 is 0 Å². The Balaban J connectivity index is 2.05. The lowest BCUT2D eigenvalue weighted by atomic mass is 9.99. The quantitative estimate of drug-likeness (QED) is 0.880. The minimum atomic E-state index is 0.625. The van der Waals surface area contributed by atoms with E-state index in [0.29, 0.717) is 6.61 Å². The van der Waals surface area contributed by atoms with E-state index in [1.54, 1.807) is 0 Å². The largest absolute Gasteiger partial charge is 0.489 e. The smallest absolute Gasteiger partial charge is 0.129 e. The molecule has 0 saturated heterocycles. The van der Waals surface area contributed by atoms with Crippen molar-refractivity contribution in [2.75, 3.05) is 13.7 Å². The Labute approximate surface area is 113 Å². The average Bonchev–Trinajstić information content (AvgIpc) is 2.46. The first-order valence-electron chi connectivity index (χ1n) is 6.50. The summed E-state index contributed by atoms with van der Waals surface area (Å²) in [5, 5.41) is 3.21. The molecule has 0 radical (unpaired) electrons.